The first kappa shape index (κ1) is 13.0. The second kappa shape index (κ2) is 5.94. The van der Waals surface area contributed by atoms with Crippen molar-refractivity contribution in [3.63, 3.8) is 0 Å². The van der Waals surface area contributed by atoms with Gasteiger partial charge in [0.2, 0.25) is 0 Å². The van der Waals surface area contributed by atoms with E-state index in [9.17, 15) is 0 Å². The Morgan fingerprint density at radius 3 is 3.12 bits per heavy atom. The summed E-state index contributed by atoms with van der Waals surface area (Å²) in [5.74, 6) is 0. The van der Waals surface area contributed by atoms with Crippen molar-refractivity contribution in [2.75, 3.05) is 13.2 Å². The highest BCUT2D eigenvalue weighted by Crippen LogP contribution is 2.30. The lowest BCUT2D eigenvalue weighted by Gasteiger charge is -2.33. The zero-order valence-corrected chi connectivity index (χ0v) is 11.6. The van der Waals surface area contributed by atoms with E-state index in [4.69, 9.17) is 4.74 Å². The minimum absolute atomic E-state index is 0.0131. The van der Waals surface area contributed by atoms with Gasteiger partial charge in [-0.3, -0.25) is 0 Å². The number of nitrogens with zero attached hydrogens (tertiary/aromatic N) is 1. The lowest BCUT2D eigenvalue weighted by molar-refractivity contribution is -0.0114. The average Bonchev–Trinajstić information content (AvgIpc) is 2.96. The Morgan fingerprint density at radius 1 is 1.65 bits per heavy atom. The SMILES string of the molecule is CCCNC(Cc1nccs1)C1(C)CCCO1. The van der Waals surface area contributed by atoms with Crippen LogP contribution in [-0.4, -0.2) is 29.8 Å². The van der Waals surface area contributed by atoms with Gasteiger partial charge >= 0.3 is 0 Å². The predicted octanol–water partition coefficient (Wildman–Crippen LogP) is 2.62. The molecule has 1 aliphatic rings. The molecular formula is C13H22N2OS. The molecule has 1 aliphatic heterocycles. The summed E-state index contributed by atoms with van der Waals surface area (Å²) in [7, 11) is 0. The van der Waals surface area contributed by atoms with Crippen LogP contribution in [0.3, 0.4) is 0 Å². The van der Waals surface area contributed by atoms with Crippen LogP contribution in [0, 0.1) is 0 Å². The minimum atomic E-state index is -0.0131. The van der Waals surface area contributed by atoms with Crippen molar-refractivity contribution in [2.45, 2.75) is 51.2 Å². The molecule has 0 saturated carbocycles. The van der Waals surface area contributed by atoms with E-state index < -0.39 is 0 Å². The maximum atomic E-state index is 5.96. The molecule has 2 heterocycles. The first-order valence-electron chi connectivity index (χ1n) is 6.50. The van der Waals surface area contributed by atoms with Crippen LogP contribution in [-0.2, 0) is 11.2 Å². The van der Waals surface area contributed by atoms with Crippen LogP contribution < -0.4 is 5.32 Å². The lowest BCUT2D eigenvalue weighted by atomic mass is 9.90. The van der Waals surface area contributed by atoms with Gasteiger partial charge < -0.3 is 10.1 Å². The number of aromatic nitrogens is 1. The van der Waals surface area contributed by atoms with E-state index in [1.165, 1.54) is 11.4 Å². The molecular weight excluding hydrogens is 232 g/mol. The van der Waals surface area contributed by atoms with Gasteiger partial charge in [0, 0.05) is 30.6 Å². The van der Waals surface area contributed by atoms with E-state index in [0.29, 0.717) is 6.04 Å². The maximum Gasteiger partial charge on any atom is 0.0941 e. The molecule has 0 aliphatic carbocycles. The van der Waals surface area contributed by atoms with Crippen molar-refractivity contribution in [3.05, 3.63) is 16.6 Å². The molecule has 0 spiro atoms. The van der Waals surface area contributed by atoms with Crippen molar-refractivity contribution in [1.29, 1.82) is 0 Å². The molecule has 0 radical (unpaired) electrons. The Morgan fingerprint density at radius 2 is 2.53 bits per heavy atom. The summed E-state index contributed by atoms with van der Waals surface area (Å²) >= 11 is 1.74. The summed E-state index contributed by atoms with van der Waals surface area (Å²) in [5, 5.41) is 6.88. The molecule has 2 rings (SSSR count). The monoisotopic (exact) mass is 254 g/mol. The number of ether oxygens (including phenoxy) is 1. The smallest absolute Gasteiger partial charge is 0.0941 e. The van der Waals surface area contributed by atoms with Crippen LogP contribution >= 0.6 is 11.3 Å². The molecule has 2 atom stereocenters. The van der Waals surface area contributed by atoms with E-state index >= 15 is 0 Å². The normalized spacial score (nSPS) is 26.2. The second-order valence-electron chi connectivity index (χ2n) is 4.90. The van der Waals surface area contributed by atoms with Gasteiger partial charge in [0.25, 0.3) is 0 Å². The van der Waals surface area contributed by atoms with Gasteiger partial charge in [-0.05, 0) is 32.7 Å². The topological polar surface area (TPSA) is 34.2 Å². The fourth-order valence-electron chi connectivity index (χ4n) is 2.43. The van der Waals surface area contributed by atoms with E-state index in [0.717, 1.165) is 32.4 Å². The molecule has 1 aromatic heterocycles. The van der Waals surface area contributed by atoms with Gasteiger partial charge in [0.1, 0.15) is 0 Å². The van der Waals surface area contributed by atoms with Gasteiger partial charge in [-0.15, -0.1) is 11.3 Å². The van der Waals surface area contributed by atoms with E-state index in [1.54, 1.807) is 11.3 Å². The zero-order chi connectivity index (χ0) is 12.1. The van der Waals surface area contributed by atoms with Crippen LogP contribution in [0.4, 0.5) is 0 Å². The van der Waals surface area contributed by atoms with Crippen LogP contribution in [0.5, 0.6) is 0 Å². The number of thiazole rings is 1. The largest absolute Gasteiger partial charge is 0.374 e. The molecule has 1 saturated heterocycles. The number of hydrogen-bond acceptors (Lipinski definition) is 4. The summed E-state index contributed by atoms with van der Waals surface area (Å²) in [6, 6.07) is 0.385. The first-order chi connectivity index (χ1) is 8.24. The maximum absolute atomic E-state index is 5.96. The Labute approximate surface area is 108 Å². The quantitative estimate of drug-likeness (QED) is 0.847. The molecule has 2 unspecified atom stereocenters. The van der Waals surface area contributed by atoms with Gasteiger partial charge in [-0.1, -0.05) is 6.92 Å². The highest BCUT2D eigenvalue weighted by molar-refractivity contribution is 7.09. The van der Waals surface area contributed by atoms with E-state index in [2.05, 4.69) is 24.1 Å². The van der Waals surface area contributed by atoms with Crippen molar-refractivity contribution < 1.29 is 4.74 Å². The highest BCUT2D eigenvalue weighted by Gasteiger charge is 2.38. The van der Waals surface area contributed by atoms with Gasteiger partial charge in [-0.2, -0.15) is 0 Å². The van der Waals surface area contributed by atoms with Crippen LogP contribution in [0.15, 0.2) is 11.6 Å². The highest BCUT2D eigenvalue weighted by atomic mass is 32.1. The number of hydrogen-bond donors (Lipinski definition) is 1. The van der Waals surface area contributed by atoms with Crippen LogP contribution in [0.25, 0.3) is 0 Å². The van der Waals surface area contributed by atoms with Crippen molar-refractivity contribution in [1.82, 2.24) is 10.3 Å². The molecule has 1 fully saturated rings. The van der Waals surface area contributed by atoms with Crippen molar-refractivity contribution in [3.8, 4) is 0 Å². The summed E-state index contributed by atoms with van der Waals surface area (Å²) in [4.78, 5) is 4.39. The molecule has 4 heteroatoms. The molecule has 0 aromatic carbocycles. The average molecular weight is 254 g/mol. The standard InChI is InChI=1S/C13H22N2OS/c1-3-6-14-11(10-12-15-7-9-17-12)13(2)5-4-8-16-13/h7,9,11,14H,3-6,8,10H2,1-2H3. The van der Waals surface area contributed by atoms with Gasteiger partial charge in [-0.25, -0.2) is 4.98 Å². The third-order valence-corrected chi connectivity index (χ3v) is 4.29. The van der Waals surface area contributed by atoms with E-state index in [-0.39, 0.29) is 5.60 Å². The third-order valence-electron chi connectivity index (χ3n) is 3.49. The number of rotatable bonds is 6. The minimum Gasteiger partial charge on any atom is -0.374 e. The Hall–Kier alpha value is -0.450. The third kappa shape index (κ3) is 3.27. The lowest BCUT2D eigenvalue weighted by Crippen LogP contribution is -2.50. The fourth-order valence-corrected chi connectivity index (χ4v) is 3.09. The second-order valence-corrected chi connectivity index (χ2v) is 5.88. The zero-order valence-electron chi connectivity index (χ0n) is 10.7. The summed E-state index contributed by atoms with van der Waals surface area (Å²) < 4.78 is 5.96. The summed E-state index contributed by atoms with van der Waals surface area (Å²) in [6.45, 7) is 6.39. The first-order valence-corrected chi connectivity index (χ1v) is 7.38. The van der Waals surface area contributed by atoms with Crippen LogP contribution in [0.1, 0.15) is 38.1 Å². The Bertz CT molecular complexity index is 320. The van der Waals surface area contributed by atoms with Gasteiger partial charge in [0.05, 0.1) is 10.6 Å². The molecule has 1 N–H and O–H groups in total. The van der Waals surface area contributed by atoms with E-state index in [1.807, 2.05) is 11.6 Å². The van der Waals surface area contributed by atoms with Crippen molar-refractivity contribution >= 4 is 11.3 Å². The summed E-state index contributed by atoms with van der Waals surface area (Å²) in [5.41, 5.74) is -0.0131. The predicted molar refractivity (Wildman–Crippen MR) is 71.5 cm³/mol. The molecule has 17 heavy (non-hydrogen) atoms. The summed E-state index contributed by atoms with van der Waals surface area (Å²) in [6.07, 6.45) is 6.35. The van der Waals surface area contributed by atoms with Crippen molar-refractivity contribution in [2.24, 2.45) is 0 Å². The van der Waals surface area contributed by atoms with Crippen LogP contribution in [0.2, 0.25) is 0 Å². The Balaban J connectivity index is 2.02. The molecule has 0 amide bonds. The number of nitrogens with one attached hydrogen (secondary N) is 1. The molecule has 0 bridgehead atoms. The molecule has 3 nitrogen and oxygen atoms in total. The molecule has 1 aromatic rings. The Kier molecular flexibility index (Phi) is 4.54. The van der Waals surface area contributed by atoms with Gasteiger partial charge in [0.15, 0.2) is 0 Å². The fraction of sp³-hybridized carbons (Fsp3) is 0.769. The molecule has 96 valence electrons.